The predicted molar refractivity (Wildman–Crippen MR) is 103 cm³/mol. The molecule has 1 aromatic heterocycles. The molecule has 0 bridgehead atoms. The van der Waals surface area contributed by atoms with E-state index in [0.717, 1.165) is 56.8 Å². The molecule has 0 atom stereocenters. The average Bonchev–Trinajstić information content (AvgIpc) is 3.17. The maximum absolute atomic E-state index is 13.4. The molecule has 6 nitrogen and oxygen atoms in total. The smallest absolute Gasteiger partial charge is 0.254 e. The normalized spacial score (nSPS) is 18.7. The molecule has 27 heavy (non-hydrogen) atoms. The van der Waals surface area contributed by atoms with E-state index in [1.165, 1.54) is 12.1 Å². The van der Waals surface area contributed by atoms with Crippen molar-refractivity contribution in [3.05, 3.63) is 46.7 Å². The van der Waals surface area contributed by atoms with Crippen LogP contribution >= 0.6 is 11.3 Å². The van der Waals surface area contributed by atoms with E-state index in [0.29, 0.717) is 18.7 Å². The van der Waals surface area contributed by atoms with Gasteiger partial charge in [-0.2, -0.15) is 0 Å². The first-order valence-electron chi connectivity index (χ1n) is 9.23. The van der Waals surface area contributed by atoms with Crippen molar-refractivity contribution in [3.8, 4) is 0 Å². The van der Waals surface area contributed by atoms with Gasteiger partial charge in [-0.25, -0.2) is 9.37 Å². The Kier molecular flexibility index (Phi) is 5.66. The van der Waals surface area contributed by atoms with Crippen LogP contribution in [0.25, 0.3) is 0 Å². The van der Waals surface area contributed by atoms with E-state index in [1.807, 2.05) is 0 Å². The van der Waals surface area contributed by atoms with Gasteiger partial charge >= 0.3 is 0 Å². The number of piperazine rings is 1. The summed E-state index contributed by atoms with van der Waals surface area (Å²) < 4.78 is 18.7. The second-order valence-corrected chi connectivity index (χ2v) is 7.64. The minimum Gasteiger partial charge on any atom is -0.379 e. The molecular formula is C19H23FN4O2S. The van der Waals surface area contributed by atoms with Gasteiger partial charge in [-0.3, -0.25) is 9.69 Å². The number of halogens is 1. The van der Waals surface area contributed by atoms with Crippen LogP contribution in [-0.4, -0.2) is 73.2 Å². The number of nitrogens with zero attached hydrogens (tertiary/aromatic N) is 4. The van der Waals surface area contributed by atoms with Crippen molar-refractivity contribution in [3.63, 3.8) is 0 Å². The van der Waals surface area contributed by atoms with Gasteiger partial charge in [0.25, 0.3) is 5.91 Å². The lowest BCUT2D eigenvalue weighted by atomic mass is 10.2. The summed E-state index contributed by atoms with van der Waals surface area (Å²) in [5.74, 6) is -0.489. The Morgan fingerprint density at radius 2 is 1.93 bits per heavy atom. The van der Waals surface area contributed by atoms with E-state index < -0.39 is 0 Å². The highest BCUT2D eigenvalue weighted by atomic mass is 32.1. The van der Waals surface area contributed by atoms with Crippen LogP contribution in [-0.2, 0) is 11.3 Å². The molecule has 4 rings (SSSR count). The summed E-state index contributed by atoms with van der Waals surface area (Å²) in [4.78, 5) is 23.7. The van der Waals surface area contributed by atoms with Gasteiger partial charge in [-0.05, 0) is 18.2 Å². The van der Waals surface area contributed by atoms with Crippen molar-refractivity contribution in [1.82, 2.24) is 14.8 Å². The summed E-state index contributed by atoms with van der Waals surface area (Å²) in [5.41, 5.74) is 1.50. The fourth-order valence-electron chi connectivity index (χ4n) is 3.41. The molecule has 2 saturated heterocycles. The first-order chi connectivity index (χ1) is 13.2. The third-order valence-corrected chi connectivity index (χ3v) is 5.89. The Morgan fingerprint density at radius 3 is 2.67 bits per heavy atom. The van der Waals surface area contributed by atoms with Crippen LogP contribution in [0.2, 0.25) is 0 Å². The number of rotatable bonds is 4. The van der Waals surface area contributed by atoms with Crippen molar-refractivity contribution in [2.45, 2.75) is 6.54 Å². The lowest BCUT2D eigenvalue weighted by Crippen LogP contribution is -2.48. The van der Waals surface area contributed by atoms with E-state index in [4.69, 9.17) is 9.72 Å². The number of morpholine rings is 1. The molecule has 1 aromatic carbocycles. The Labute approximate surface area is 162 Å². The van der Waals surface area contributed by atoms with Crippen LogP contribution in [0.1, 0.15) is 16.1 Å². The second kappa shape index (κ2) is 8.33. The lowest BCUT2D eigenvalue weighted by Gasteiger charge is -2.34. The number of thiazole rings is 1. The predicted octanol–water partition coefficient (Wildman–Crippen LogP) is 2.08. The third kappa shape index (κ3) is 4.45. The molecule has 3 heterocycles. The number of anilines is 1. The van der Waals surface area contributed by atoms with Crippen LogP contribution in [0.5, 0.6) is 0 Å². The summed E-state index contributed by atoms with van der Waals surface area (Å²) >= 11 is 1.66. The third-order valence-electron chi connectivity index (χ3n) is 4.94. The first-order valence-corrected chi connectivity index (χ1v) is 10.1. The fourth-order valence-corrected chi connectivity index (χ4v) is 4.28. The molecule has 0 unspecified atom stereocenters. The van der Waals surface area contributed by atoms with Gasteiger partial charge in [0, 0.05) is 56.8 Å². The Bertz CT molecular complexity index is 786. The van der Waals surface area contributed by atoms with E-state index >= 15 is 0 Å². The van der Waals surface area contributed by atoms with Crippen molar-refractivity contribution in [2.75, 3.05) is 57.4 Å². The number of amides is 1. The molecule has 8 heteroatoms. The molecular weight excluding hydrogens is 367 g/mol. The highest BCUT2D eigenvalue weighted by Crippen LogP contribution is 2.23. The van der Waals surface area contributed by atoms with Crippen molar-refractivity contribution in [2.24, 2.45) is 0 Å². The number of hydrogen-bond donors (Lipinski definition) is 0. The maximum atomic E-state index is 13.4. The van der Waals surface area contributed by atoms with Gasteiger partial charge in [0.2, 0.25) is 0 Å². The Balaban J connectivity index is 1.32. The van der Waals surface area contributed by atoms with E-state index in [9.17, 15) is 9.18 Å². The van der Waals surface area contributed by atoms with Crippen LogP contribution < -0.4 is 4.90 Å². The number of hydrogen-bond acceptors (Lipinski definition) is 6. The minimum absolute atomic E-state index is 0.110. The van der Waals surface area contributed by atoms with E-state index in [1.54, 1.807) is 28.4 Å². The monoisotopic (exact) mass is 390 g/mol. The van der Waals surface area contributed by atoms with Gasteiger partial charge in [-0.15, -0.1) is 11.3 Å². The zero-order chi connectivity index (χ0) is 18.6. The zero-order valence-corrected chi connectivity index (χ0v) is 16.0. The van der Waals surface area contributed by atoms with E-state index in [2.05, 4.69) is 15.2 Å². The summed E-state index contributed by atoms with van der Waals surface area (Å²) in [5, 5.41) is 3.13. The van der Waals surface area contributed by atoms with Gasteiger partial charge < -0.3 is 14.5 Å². The van der Waals surface area contributed by atoms with Gasteiger partial charge in [-0.1, -0.05) is 6.07 Å². The molecule has 2 aliphatic heterocycles. The molecule has 1 amide bonds. The highest BCUT2D eigenvalue weighted by Gasteiger charge is 2.24. The number of carbonyl (C=O) groups excluding carboxylic acids is 1. The summed E-state index contributed by atoms with van der Waals surface area (Å²) in [6.45, 7) is 7.06. The largest absolute Gasteiger partial charge is 0.379 e. The highest BCUT2D eigenvalue weighted by molar-refractivity contribution is 7.13. The molecule has 0 saturated carbocycles. The standard InChI is InChI=1S/C19H23FN4O2S/c20-16-3-1-2-15(12-16)18(25)23-4-6-24(7-5-23)19-21-17(14-27-19)13-22-8-10-26-11-9-22/h1-3,12,14H,4-11,13H2. The number of ether oxygens (including phenoxy) is 1. The van der Waals surface area contributed by atoms with Crippen LogP contribution in [0.4, 0.5) is 9.52 Å². The van der Waals surface area contributed by atoms with Crippen molar-refractivity contribution >= 4 is 22.4 Å². The molecule has 2 aromatic rings. The van der Waals surface area contributed by atoms with Gasteiger partial charge in [0.1, 0.15) is 5.82 Å². The van der Waals surface area contributed by atoms with Crippen LogP contribution in [0, 0.1) is 5.82 Å². The van der Waals surface area contributed by atoms with Gasteiger partial charge in [0.15, 0.2) is 5.13 Å². The van der Waals surface area contributed by atoms with E-state index in [-0.39, 0.29) is 11.7 Å². The van der Waals surface area contributed by atoms with Crippen LogP contribution in [0.3, 0.4) is 0 Å². The van der Waals surface area contributed by atoms with Crippen molar-refractivity contribution < 1.29 is 13.9 Å². The number of aromatic nitrogens is 1. The molecule has 144 valence electrons. The zero-order valence-electron chi connectivity index (χ0n) is 15.1. The lowest BCUT2D eigenvalue weighted by molar-refractivity contribution is 0.0337. The second-order valence-electron chi connectivity index (χ2n) is 6.80. The molecule has 0 spiro atoms. The molecule has 0 radical (unpaired) electrons. The molecule has 2 fully saturated rings. The quantitative estimate of drug-likeness (QED) is 0.800. The summed E-state index contributed by atoms with van der Waals surface area (Å²) in [6, 6.07) is 5.89. The molecule has 2 aliphatic rings. The number of benzene rings is 1. The summed E-state index contributed by atoms with van der Waals surface area (Å²) in [7, 11) is 0. The minimum atomic E-state index is -0.380. The van der Waals surface area contributed by atoms with Gasteiger partial charge in [0.05, 0.1) is 18.9 Å². The Hall–Kier alpha value is -2.03. The molecule has 0 N–H and O–H groups in total. The van der Waals surface area contributed by atoms with Crippen molar-refractivity contribution in [1.29, 1.82) is 0 Å². The Morgan fingerprint density at radius 1 is 1.15 bits per heavy atom. The number of carbonyl (C=O) groups is 1. The SMILES string of the molecule is O=C(c1cccc(F)c1)N1CCN(c2nc(CN3CCOCC3)cs2)CC1. The first kappa shape index (κ1) is 18.3. The maximum Gasteiger partial charge on any atom is 0.254 e. The average molecular weight is 390 g/mol. The fraction of sp³-hybridized carbons (Fsp3) is 0.474. The summed E-state index contributed by atoms with van der Waals surface area (Å²) in [6.07, 6.45) is 0. The van der Waals surface area contributed by atoms with Crippen LogP contribution in [0.15, 0.2) is 29.6 Å². The topological polar surface area (TPSA) is 48.9 Å². The molecule has 0 aliphatic carbocycles.